The van der Waals surface area contributed by atoms with Crippen LogP contribution in [0, 0.1) is 12.8 Å². The maximum absolute atomic E-state index is 11.7. The molecule has 0 radical (unpaired) electrons. The average Bonchev–Trinajstić information content (AvgIpc) is 2.26. The molecule has 0 aromatic heterocycles. The topological polar surface area (TPSA) is 20.3 Å². The Morgan fingerprint density at radius 1 is 1.41 bits per heavy atom. The Kier molecular flexibility index (Phi) is 5.49. The smallest absolute Gasteiger partial charge is 0.237 e. The van der Waals surface area contributed by atoms with Crippen molar-refractivity contribution < 1.29 is 4.79 Å². The number of amides is 1. The lowest BCUT2D eigenvalue weighted by molar-refractivity contribution is -0.129. The molecule has 2 nitrogen and oxygen atoms in total. The fourth-order valence-electron chi connectivity index (χ4n) is 1.81. The van der Waals surface area contributed by atoms with E-state index in [9.17, 15) is 4.79 Å². The molecule has 0 aliphatic rings. The molecule has 17 heavy (non-hydrogen) atoms. The van der Waals surface area contributed by atoms with E-state index in [4.69, 9.17) is 11.6 Å². The third kappa shape index (κ3) is 4.78. The van der Waals surface area contributed by atoms with E-state index < -0.39 is 0 Å². The molecule has 0 unspecified atom stereocenters. The van der Waals surface area contributed by atoms with Gasteiger partial charge in [-0.05, 0) is 18.4 Å². The summed E-state index contributed by atoms with van der Waals surface area (Å²) in [5.74, 6) is 0.507. The van der Waals surface area contributed by atoms with Crippen LogP contribution in [0.4, 0.5) is 0 Å². The predicted molar refractivity (Wildman–Crippen MR) is 72.2 cm³/mol. The number of benzene rings is 1. The Balaban J connectivity index is 2.75. The number of hydrogen-bond acceptors (Lipinski definition) is 1. The molecule has 0 saturated carbocycles. The number of carbonyl (C=O) groups excluding carboxylic acids is 1. The minimum atomic E-state index is 0.00173. The van der Waals surface area contributed by atoms with Crippen molar-refractivity contribution >= 4 is 17.5 Å². The Labute approximate surface area is 109 Å². The molecule has 94 valence electrons. The monoisotopic (exact) mass is 253 g/mol. The van der Waals surface area contributed by atoms with Crippen molar-refractivity contribution in [3.8, 4) is 0 Å². The molecule has 3 heteroatoms. The van der Waals surface area contributed by atoms with E-state index in [1.54, 1.807) is 0 Å². The van der Waals surface area contributed by atoms with Gasteiger partial charge in [0.05, 0.1) is 0 Å². The summed E-state index contributed by atoms with van der Waals surface area (Å²) >= 11 is 5.64. The largest absolute Gasteiger partial charge is 0.337 e. The maximum Gasteiger partial charge on any atom is 0.237 e. The van der Waals surface area contributed by atoms with Gasteiger partial charge in [-0.25, -0.2) is 0 Å². The molecule has 1 rings (SSSR count). The van der Waals surface area contributed by atoms with Crippen LogP contribution in [0.1, 0.15) is 25.0 Å². The summed E-state index contributed by atoms with van der Waals surface area (Å²) in [5, 5.41) is 0. The van der Waals surface area contributed by atoms with Crippen LogP contribution < -0.4 is 0 Å². The summed E-state index contributed by atoms with van der Waals surface area (Å²) in [4.78, 5) is 13.6. The minimum absolute atomic E-state index is 0.00173. The average molecular weight is 254 g/mol. The van der Waals surface area contributed by atoms with Gasteiger partial charge in [0.2, 0.25) is 5.91 Å². The molecular weight excluding hydrogens is 234 g/mol. The van der Waals surface area contributed by atoms with Crippen molar-refractivity contribution in [3.05, 3.63) is 35.4 Å². The SMILES string of the molecule is Cc1cccc(CN(CC(C)C)C(=O)CCl)c1. The van der Waals surface area contributed by atoms with Crippen molar-refractivity contribution in [3.63, 3.8) is 0 Å². The maximum atomic E-state index is 11.7. The van der Waals surface area contributed by atoms with E-state index >= 15 is 0 Å². The van der Waals surface area contributed by atoms with Crippen LogP contribution in [-0.4, -0.2) is 23.2 Å². The quantitative estimate of drug-likeness (QED) is 0.738. The first-order valence-electron chi connectivity index (χ1n) is 5.92. The van der Waals surface area contributed by atoms with Gasteiger partial charge in [-0.3, -0.25) is 4.79 Å². The number of nitrogens with zero attached hydrogens (tertiary/aromatic N) is 1. The van der Waals surface area contributed by atoms with Gasteiger partial charge in [0.1, 0.15) is 5.88 Å². The number of halogens is 1. The van der Waals surface area contributed by atoms with Gasteiger partial charge in [-0.2, -0.15) is 0 Å². The van der Waals surface area contributed by atoms with Gasteiger partial charge in [0.15, 0.2) is 0 Å². The van der Waals surface area contributed by atoms with Crippen LogP contribution >= 0.6 is 11.6 Å². The zero-order valence-electron chi connectivity index (χ0n) is 10.7. The van der Waals surface area contributed by atoms with Crippen LogP contribution in [0.25, 0.3) is 0 Å². The van der Waals surface area contributed by atoms with Gasteiger partial charge >= 0.3 is 0 Å². The number of hydrogen-bond donors (Lipinski definition) is 0. The van der Waals surface area contributed by atoms with Crippen LogP contribution in [0.5, 0.6) is 0 Å². The standard InChI is InChI=1S/C14H20ClNO/c1-11(2)9-16(14(17)8-15)10-13-6-4-5-12(3)7-13/h4-7,11H,8-10H2,1-3H3. The number of alkyl halides is 1. The third-order valence-electron chi connectivity index (χ3n) is 2.51. The first kappa shape index (κ1) is 14.0. The summed E-state index contributed by atoms with van der Waals surface area (Å²) in [6, 6.07) is 8.22. The van der Waals surface area contributed by atoms with Crippen LogP contribution in [0.2, 0.25) is 0 Å². The molecule has 0 bridgehead atoms. The summed E-state index contributed by atoms with van der Waals surface area (Å²) in [6.07, 6.45) is 0. The van der Waals surface area contributed by atoms with Crippen molar-refractivity contribution in [2.45, 2.75) is 27.3 Å². The summed E-state index contributed by atoms with van der Waals surface area (Å²) in [5.41, 5.74) is 2.37. The highest BCUT2D eigenvalue weighted by atomic mass is 35.5. The highest BCUT2D eigenvalue weighted by Gasteiger charge is 2.14. The Hall–Kier alpha value is -1.02. The second-order valence-electron chi connectivity index (χ2n) is 4.79. The Morgan fingerprint density at radius 2 is 2.12 bits per heavy atom. The van der Waals surface area contributed by atoms with Crippen LogP contribution in [0.3, 0.4) is 0 Å². The number of rotatable bonds is 5. The zero-order chi connectivity index (χ0) is 12.8. The van der Waals surface area contributed by atoms with Gasteiger partial charge in [-0.1, -0.05) is 43.7 Å². The van der Waals surface area contributed by atoms with Gasteiger partial charge in [0.25, 0.3) is 0 Å². The molecule has 0 aliphatic carbocycles. The fraction of sp³-hybridized carbons (Fsp3) is 0.500. The van der Waals surface area contributed by atoms with E-state index in [0.717, 1.165) is 12.1 Å². The van der Waals surface area contributed by atoms with E-state index in [1.165, 1.54) is 5.56 Å². The molecular formula is C14H20ClNO. The Bertz CT molecular complexity index is 376. The van der Waals surface area contributed by atoms with Gasteiger partial charge in [-0.15, -0.1) is 11.6 Å². The second kappa shape index (κ2) is 6.65. The summed E-state index contributed by atoms with van der Waals surface area (Å²) < 4.78 is 0. The van der Waals surface area contributed by atoms with E-state index in [2.05, 4.69) is 32.9 Å². The lowest BCUT2D eigenvalue weighted by atomic mass is 10.1. The molecule has 0 heterocycles. The summed E-state index contributed by atoms with van der Waals surface area (Å²) in [6.45, 7) is 7.65. The highest BCUT2D eigenvalue weighted by molar-refractivity contribution is 6.27. The van der Waals surface area contributed by atoms with Crippen molar-refractivity contribution in [1.29, 1.82) is 0 Å². The molecule has 0 N–H and O–H groups in total. The second-order valence-corrected chi connectivity index (χ2v) is 5.06. The highest BCUT2D eigenvalue weighted by Crippen LogP contribution is 2.10. The zero-order valence-corrected chi connectivity index (χ0v) is 11.5. The molecule has 1 aromatic carbocycles. The first-order chi connectivity index (χ1) is 8.02. The predicted octanol–water partition coefficient (Wildman–Crippen LogP) is 3.22. The lowest BCUT2D eigenvalue weighted by Gasteiger charge is -2.24. The normalized spacial score (nSPS) is 10.6. The molecule has 0 saturated heterocycles. The lowest BCUT2D eigenvalue weighted by Crippen LogP contribution is -2.34. The third-order valence-corrected chi connectivity index (χ3v) is 2.74. The molecule has 0 spiro atoms. The van der Waals surface area contributed by atoms with Crippen LogP contribution in [-0.2, 0) is 11.3 Å². The van der Waals surface area contributed by atoms with E-state index in [1.807, 2.05) is 17.0 Å². The molecule has 0 fully saturated rings. The molecule has 0 atom stereocenters. The first-order valence-corrected chi connectivity index (χ1v) is 6.45. The molecule has 1 aromatic rings. The van der Waals surface area contributed by atoms with Crippen LogP contribution in [0.15, 0.2) is 24.3 Å². The molecule has 0 aliphatic heterocycles. The van der Waals surface area contributed by atoms with E-state index in [-0.39, 0.29) is 11.8 Å². The number of aryl methyl sites for hydroxylation is 1. The summed E-state index contributed by atoms with van der Waals surface area (Å²) in [7, 11) is 0. The van der Waals surface area contributed by atoms with Gasteiger partial charge in [0, 0.05) is 13.1 Å². The van der Waals surface area contributed by atoms with Gasteiger partial charge < -0.3 is 4.90 Å². The fourth-order valence-corrected chi connectivity index (χ4v) is 1.98. The van der Waals surface area contributed by atoms with Crippen molar-refractivity contribution in [2.24, 2.45) is 5.92 Å². The minimum Gasteiger partial charge on any atom is -0.337 e. The van der Waals surface area contributed by atoms with Crippen molar-refractivity contribution in [1.82, 2.24) is 4.90 Å². The van der Waals surface area contributed by atoms with E-state index in [0.29, 0.717) is 12.5 Å². The molecule has 1 amide bonds. The Morgan fingerprint density at radius 3 is 2.65 bits per heavy atom. The number of carbonyl (C=O) groups is 1. The van der Waals surface area contributed by atoms with Crippen molar-refractivity contribution in [2.75, 3.05) is 12.4 Å².